The molecule has 0 atom stereocenters. The molecular formula is C13H15N3O2S. The van der Waals surface area contributed by atoms with Crippen LogP contribution < -0.4 is 10.1 Å². The number of hydrogen-bond donors (Lipinski definition) is 1. The van der Waals surface area contributed by atoms with Gasteiger partial charge in [0.15, 0.2) is 0 Å². The zero-order chi connectivity index (χ0) is 13.7. The van der Waals surface area contributed by atoms with E-state index in [1.807, 2.05) is 6.07 Å². The van der Waals surface area contributed by atoms with E-state index in [0.29, 0.717) is 16.8 Å². The predicted molar refractivity (Wildman–Crippen MR) is 74.5 cm³/mol. The number of anilines is 1. The van der Waals surface area contributed by atoms with Crippen LogP contribution in [0.25, 0.3) is 0 Å². The molecule has 0 bridgehead atoms. The van der Waals surface area contributed by atoms with Crippen molar-refractivity contribution in [2.75, 3.05) is 5.32 Å². The first-order valence-corrected chi connectivity index (χ1v) is 6.81. The SMILES string of the molecule is CC(C)Cc1nnc(NC(=O)Oc2ccccc2)s1. The van der Waals surface area contributed by atoms with Crippen LogP contribution >= 0.6 is 11.3 Å². The summed E-state index contributed by atoms with van der Waals surface area (Å²) in [7, 11) is 0. The van der Waals surface area contributed by atoms with Crippen molar-refractivity contribution in [2.45, 2.75) is 20.3 Å². The number of carbonyl (C=O) groups is 1. The molecule has 1 heterocycles. The largest absolute Gasteiger partial charge is 0.418 e. The van der Waals surface area contributed by atoms with Crippen molar-refractivity contribution in [1.82, 2.24) is 10.2 Å². The highest BCUT2D eigenvalue weighted by molar-refractivity contribution is 7.15. The Balaban J connectivity index is 1.90. The van der Waals surface area contributed by atoms with E-state index in [2.05, 4.69) is 29.4 Å². The van der Waals surface area contributed by atoms with Gasteiger partial charge in [-0.15, -0.1) is 10.2 Å². The topological polar surface area (TPSA) is 64.1 Å². The molecule has 0 radical (unpaired) electrons. The highest BCUT2D eigenvalue weighted by Crippen LogP contribution is 2.18. The molecule has 6 heteroatoms. The molecule has 1 aromatic carbocycles. The van der Waals surface area contributed by atoms with Crippen molar-refractivity contribution < 1.29 is 9.53 Å². The number of benzene rings is 1. The Morgan fingerprint density at radius 1 is 1.32 bits per heavy atom. The molecule has 0 saturated heterocycles. The van der Waals surface area contributed by atoms with Gasteiger partial charge < -0.3 is 4.74 Å². The minimum absolute atomic E-state index is 0.455. The second-order valence-corrected chi connectivity index (χ2v) is 5.49. The summed E-state index contributed by atoms with van der Waals surface area (Å²) in [6.45, 7) is 4.22. The Bertz CT molecular complexity index is 540. The summed E-state index contributed by atoms with van der Waals surface area (Å²) in [4.78, 5) is 11.6. The molecule has 0 unspecified atom stereocenters. The van der Waals surface area contributed by atoms with Crippen LogP contribution in [0.3, 0.4) is 0 Å². The molecule has 0 aliphatic carbocycles. The summed E-state index contributed by atoms with van der Waals surface area (Å²) >= 11 is 1.37. The second kappa shape index (κ2) is 6.29. The van der Waals surface area contributed by atoms with Gasteiger partial charge >= 0.3 is 6.09 Å². The normalized spacial score (nSPS) is 10.5. The van der Waals surface area contributed by atoms with Crippen molar-refractivity contribution >= 4 is 22.6 Å². The lowest BCUT2D eigenvalue weighted by Crippen LogP contribution is -2.16. The third-order valence-corrected chi connectivity index (χ3v) is 3.07. The van der Waals surface area contributed by atoms with Gasteiger partial charge in [0.25, 0.3) is 0 Å². The zero-order valence-electron chi connectivity index (χ0n) is 10.8. The Labute approximate surface area is 115 Å². The molecule has 1 N–H and O–H groups in total. The van der Waals surface area contributed by atoms with Crippen LogP contribution in [-0.4, -0.2) is 16.3 Å². The third kappa shape index (κ3) is 4.33. The van der Waals surface area contributed by atoms with E-state index in [-0.39, 0.29) is 0 Å². The Morgan fingerprint density at radius 2 is 2.05 bits per heavy atom. The van der Waals surface area contributed by atoms with E-state index in [1.54, 1.807) is 24.3 Å². The van der Waals surface area contributed by atoms with Gasteiger partial charge in [-0.05, 0) is 18.1 Å². The van der Waals surface area contributed by atoms with Gasteiger partial charge in [0.2, 0.25) is 5.13 Å². The van der Waals surface area contributed by atoms with E-state index in [4.69, 9.17) is 4.74 Å². The molecule has 0 aliphatic heterocycles. The van der Waals surface area contributed by atoms with Crippen molar-refractivity contribution in [3.63, 3.8) is 0 Å². The molecule has 5 nitrogen and oxygen atoms in total. The average molecular weight is 277 g/mol. The van der Waals surface area contributed by atoms with Gasteiger partial charge in [0, 0.05) is 6.42 Å². The van der Waals surface area contributed by atoms with Crippen LogP contribution in [0.2, 0.25) is 0 Å². The van der Waals surface area contributed by atoms with Crippen LogP contribution in [0.5, 0.6) is 5.75 Å². The van der Waals surface area contributed by atoms with Gasteiger partial charge in [0.05, 0.1) is 0 Å². The quantitative estimate of drug-likeness (QED) is 0.930. The second-order valence-electron chi connectivity index (χ2n) is 4.43. The number of rotatable bonds is 4. The van der Waals surface area contributed by atoms with Gasteiger partial charge in [0.1, 0.15) is 10.8 Å². The van der Waals surface area contributed by atoms with Crippen molar-refractivity contribution in [2.24, 2.45) is 5.92 Å². The highest BCUT2D eigenvalue weighted by Gasteiger charge is 2.10. The fraction of sp³-hybridized carbons (Fsp3) is 0.308. The lowest BCUT2D eigenvalue weighted by atomic mass is 10.1. The molecule has 2 rings (SSSR count). The monoisotopic (exact) mass is 277 g/mol. The lowest BCUT2D eigenvalue weighted by molar-refractivity contribution is 0.215. The number of nitrogens with one attached hydrogen (secondary N) is 1. The summed E-state index contributed by atoms with van der Waals surface area (Å²) < 4.78 is 5.10. The summed E-state index contributed by atoms with van der Waals surface area (Å²) in [6, 6.07) is 8.88. The summed E-state index contributed by atoms with van der Waals surface area (Å²) in [5.74, 6) is 1.00. The summed E-state index contributed by atoms with van der Waals surface area (Å²) in [5.41, 5.74) is 0. The van der Waals surface area contributed by atoms with Gasteiger partial charge in [-0.2, -0.15) is 0 Å². The third-order valence-electron chi connectivity index (χ3n) is 2.21. The summed E-state index contributed by atoms with van der Waals surface area (Å²) in [6.07, 6.45) is 0.297. The van der Waals surface area contributed by atoms with Crippen molar-refractivity contribution in [3.05, 3.63) is 35.3 Å². The maximum Gasteiger partial charge on any atom is 0.418 e. The Hall–Kier alpha value is -1.95. The first-order valence-electron chi connectivity index (χ1n) is 6.00. The lowest BCUT2D eigenvalue weighted by Gasteiger charge is -2.02. The van der Waals surface area contributed by atoms with E-state index in [1.165, 1.54) is 11.3 Å². The zero-order valence-corrected chi connectivity index (χ0v) is 11.6. The smallest absolute Gasteiger partial charge is 0.410 e. The van der Waals surface area contributed by atoms with E-state index in [9.17, 15) is 4.79 Å². The fourth-order valence-electron chi connectivity index (χ4n) is 1.44. The van der Waals surface area contributed by atoms with Crippen molar-refractivity contribution in [1.29, 1.82) is 0 Å². The van der Waals surface area contributed by atoms with Gasteiger partial charge in [-0.3, -0.25) is 5.32 Å². The molecule has 0 fully saturated rings. The van der Waals surface area contributed by atoms with Crippen LogP contribution in [0, 0.1) is 5.92 Å². The van der Waals surface area contributed by atoms with Crippen molar-refractivity contribution in [3.8, 4) is 5.75 Å². The molecule has 1 amide bonds. The average Bonchev–Trinajstić information content (AvgIpc) is 2.76. The standard InChI is InChI=1S/C13H15N3O2S/c1-9(2)8-11-15-16-12(19-11)14-13(17)18-10-6-4-3-5-7-10/h3-7,9H,8H2,1-2H3,(H,14,16,17). The van der Waals surface area contributed by atoms with Crippen LogP contribution in [-0.2, 0) is 6.42 Å². The molecule has 1 aromatic heterocycles. The number of nitrogens with zero attached hydrogens (tertiary/aromatic N) is 2. The molecule has 19 heavy (non-hydrogen) atoms. The molecule has 100 valence electrons. The minimum Gasteiger partial charge on any atom is -0.410 e. The number of para-hydroxylation sites is 1. The van der Waals surface area contributed by atoms with Gasteiger partial charge in [-0.25, -0.2) is 4.79 Å². The van der Waals surface area contributed by atoms with Crippen LogP contribution in [0.4, 0.5) is 9.93 Å². The van der Waals surface area contributed by atoms with E-state index in [0.717, 1.165) is 11.4 Å². The summed E-state index contributed by atoms with van der Waals surface area (Å²) in [5, 5.41) is 11.9. The molecular weight excluding hydrogens is 262 g/mol. The van der Waals surface area contributed by atoms with Gasteiger partial charge in [-0.1, -0.05) is 43.4 Å². The first-order chi connectivity index (χ1) is 9.13. The van der Waals surface area contributed by atoms with E-state index < -0.39 is 6.09 Å². The highest BCUT2D eigenvalue weighted by atomic mass is 32.1. The maximum atomic E-state index is 11.6. The number of ether oxygens (including phenoxy) is 1. The fourth-order valence-corrected chi connectivity index (χ4v) is 2.38. The molecule has 2 aromatic rings. The minimum atomic E-state index is -0.557. The van der Waals surface area contributed by atoms with Crippen LogP contribution in [0.1, 0.15) is 18.9 Å². The van der Waals surface area contributed by atoms with E-state index >= 15 is 0 Å². The van der Waals surface area contributed by atoms with Crippen LogP contribution in [0.15, 0.2) is 30.3 Å². The molecule has 0 saturated carbocycles. The number of aromatic nitrogens is 2. The predicted octanol–water partition coefficient (Wildman–Crippen LogP) is 3.35. The first kappa shape index (κ1) is 13.5. The number of hydrogen-bond acceptors (Lipinski definition) is 5. The molecule has 0 aliphatic rings. The molecule has 0 spiro atoms. The Morgan fingerprint density at radius 3 is 2.74 bits per heavy atom. The Kier molecular flexibility index (Phi) is 4.46. The number of carbonyl (C=O) groups excluding carboxylic acids is 1. The maximum absolute atomic E-state index is 11.6. The number of amides is 1.